The van der Waals surface area contributed by atoms with Crippen LogP contribution in [0.2, 0.25) is 0 Å². The van der Waals surface area contributed by atoms with Crippen molar-refractivity contribution in [2.75, 3.05) is 6.54 Å². The van der Waals surface area contributed by atoms with Gasteiger partial charge in [-0.15, -0.1) is 0 Å². The van der Waals surface area contributed by atoms with Crippen LogP contribution in [0.3, 0.4) is 0 Å². The van der Waals surface area contributed by atoms with Gasteiger partial charge in [-0.05, 0) is 45.1 Å². The van der Waals surface area contributed by atoms with Crippen LogP contribution in [0.15, 0.2) is 6.07 Å². The lowest BCUT2D eigenvalue weighted by Gasteiger charge is -2.28. The molecule has 128 valence electrons. The van der Waals surface area contributed by atoms with Crippen molar-refractivity contribution in [1.29, 1.82) is 0 Å². The third kappa shape index (κ3) is 5.26. The summed E-state index contributed by atoms with van der Waals surface area (Å²) in [6, 6.07) is 1.78. The number of ether oxygens (including phenoxy) is 1. The molecule has 0 aromatic carbocycles. The van der Waals surface area contributed by atoms with Gasteiger partial charge in [-0.2, -0.15) is 5.10 Å². The fourth-order valence-corrected chi connectivity index (χ4v) is 2.80. The number of nitrogens with zero attached hydrogens (tertiary/aromatic N) is 1. The molecule has 1 saturated carbocycles. The second-order valence-corrected chi connectivity index (χ2v) is 5.91. The summed E-state index contributed by atoms with van der Waals surface area (Å²) in [5.41, 5.74) is 1.30. The topological polar surface area (TPSA) is 96.1 Å². The number of hydrogen-bond acceptors (Lipinski definition) is 4. The maximum Gasteiger partial charge on any atom is 0.359 e. The number of carbonyl (C=O) groups excluding carboxylic acids is 2. The molecule has 0 saturated heterocycles. The van der Waals surface area contributed by atoms with E-state index < -0.39 is 0 Å². The highest BCUT2D eigenvalue weighted by atomic mass is 16.5. The molecular weight excluding hydrogens is 296 g/mol. The Morgan fingerprint density at radius 2 is 2.04 bits per heavy atom. The Kier molecular flexibility index (Phi) is 6.43. The molecule has 0 unspecified atom stereocenters. The number of aryl methyl sites for hydroxylation is 1. The molecular formula is C16H26N4O3. The van der Waals surface area contributed by atoms with Crippen molar-refractivity contribution in [1.82, 2.24) is 20.8 Å². The van der Waals surface area contributed by atoms with Crippen LogP contribution in [0.1, 0.15) is 62.1 Å². The first kappa shape index (κ1) is 17.3. The highest BCUT2D eigenvalue weighted by Crippen LogP contribution is 2.22. The molecule has 1 aliphatic rings. The van der Waals surface area contributed by atoms with Crippen molar-refractivity contribution >= 4 is 12.0 Å². The van der Waals surface area contributed by atoms with Gasteiger partial charge in [-0.3, -0.25) is 5.10 Å². The zero-order chi connectivity index (χ0) is 16.7. The van der Waals surface area contributed by atoms with Gasteiger partial charge in [0.1, 0.15) is 6.10 Å². The number of rotatable bonds is 6. The van der Waals surface area contributed by atoms with Crippen molar-refractivity contribution in [3.63, 3.8) is 0 Å². The van der Waals surface area contributed by atoms with E-state index in [1.807, 2.05) is 6.92 Å². The molecule has 1 aromatic rings. The lowest BCUT2D eigenvalue weighted by Crippen LogP contribution is -2.44. The second kappa shape index (κ2) is 8.55. The zero-order valence-electron chi connectivity index (χ0n) is 13.9. The smallest absolute Gasteiger partial charge is 0.359 e. The van der Waals surface area contributed by atoms with E-state index in [1.165, 1.54) is 0 Å². The number of aromatic nitrogens is 2. The Morgan fingerprint density at radius 3 is 2.70 bits per heavy atom. The first-order chi connectivity index (χ1) is 11.1. The van der Waals surface area contributed by atoms with E-state index in [4.69, 9.17) is 4.74 Å². The van der Waals surface area contributed by atoms with Crippen LogP contribution in [-0.4, -0.2) is 40.9 Å². The number of H-pyrrole nitrogens is 1. The van der Waals surface area contributed by atoms with Crippen LogP contribution in [0, 0.1) is 0 Å². The summed E-state index contributed by atoms with van der Waals surface area (Å²) in [4.78, 5) is 23.6. The predicted octanol–water partition coefficient (Wildman–Crippen LogP) is 2.15. The Labute approximate surface area is 136 Å². The largest absolute Gasteiger partial charge is 0.458 e. The zero-order valence-corrected chi connectivity index (χ0v) is 13.9. The van der Waals surface area contributed by atoms with Gasteiger partial charge < -0.3 is 15.4 Å². The van der Waals surface area contributed by atoms with E-state index >= 15 is 0 Å². The van der Waals surface area contributed by atoms with E-state index in [2.05, 4.69) is 27.8 Å². The highest BCUT2D eigenvalue weighted by molar-refractivity contribution is 5.87. The summed E-state index contributed by atoms with van der Waals surface area (Å²) in [7, 11) is 0. The molecule has 7 heteroatoms. The van der Waals surface area contributed by atoms with Gasteiger partial charge in [0.25, 0.3) is 0 Å². The van der Waals surface area contributed by atoms with E-state index in [0.717, 1.165) is 44.2 Å². The molecule has 0 bridgehead atoms. The summed E-state index contributed by atoms with van der Waals surface area (Å²) < 4.78 is 5.52. The summed E-state index contributed by atoms with van der Waals surface area (Å²) in [5.74, 6) is -0.372. The molecule has 0 radical (unpaired) electrons. The molecule has 2 amide bonds. The SMILES string of the molecule is CCCc1cc(C(=O)OC2CCC(NC(=O)NCC)CC2)n[nH]1. The molecule has 0 spiro atoms. The van der Waals surface area contributed by atoms with Crippen molar-refractivity contribution in [2.45, 2.75) is 64.5 Å². The van der Waals surface area contributed by atoms with Crippen LogP contribution < -0.4 is 10.6 Å². The molecule has 23 heavy (non-hydrogen) atoms. The lowest BCUT2D eigenvalue weighted by molar-refractivity contribution is 0.0182. The third-order valence-corrected chi connectivity index (χ3v) is 3.98. The van der Waals surface area contributed by atoms with Crippen molar-refractivity contribution in [2.24, 2.45) is 0 Å². The van der Waals surface area contributed by atoms with E-state index in [0.29, 0.717) is 12.2 Å². The minimum Gasteiger partial charge on any atom is -0.458 e. The molecule has 7 nitrogen and oxygen atoms in total. The number of carbonyl (C=O) groups is 2. The quantitative estimate of drug-likeness (QED) is 0.699. The molecule has 1 aliphatic carbocycles. The number of amides is 2. The van der Waals surface area contributed by atoms with Crippen LogP contribution in [-0.2, 0) is 11.2 Å². The summed E-state index contributed by atoms with van der Waals surface area (Å²) >= 11 is 0. The van der Waals surface area contributed by atoms with E-state index in [-0.39, 0.29) is 24.1 Å². The molecule has 0 atom stereocenters. The summed E-state index contributed by atoms with van der Waals surface area (Å²) in [5, 5.41) is 12.5. The fourth-order valence-electron chi connectivity index (χ4n) is 2.80. The van der Waals surface area contributed by atoms with Crippen LogP contribution in [0.25, 0.3) is 0 Å². The molecule has 2 rings (SSSR count). The number of aromatic amines is 1. The second-order valence-electron chi connectivity index (χ2n) is 5.91. The van der Waals surface area contributed by atoms with E-state index in [1.54, 1.807) is 6.07 Å². The average Bonchev–Trinajstić information content (AvgIpc) is 2.99. The number of hydrogen-bond donors (Lipinski definition) is 3. The number of nitrogens with one attached hydrogen (secondary N) is 3. The average molecular weight is 322 g/mol. The molecule has 1 fully saturated rings. The summed E-state index contributed by atoms with van der Waals surface area (Å²) in [6.45, 7) is 4.57. The highest BCUT2D eigenvalue weighted by Gasteiger charge is 2.26. The Balaban J connectivity index is 1.75. The van der Waals surface area contributed by atoms with Gasteiger partial charge in [-0.1, -0.05) is 13.3 Å². The Hall–Kier alpha value is -2.05. The number of esters is 1. The minimum absolute atomic E-state index is 0.0962. The van der Waals surface area contributed by atoms with Gasteiger partial charge in [0.15, 0.2) is 5.69 Å². The lowest BCUT2D eigenvalue weighted by atomic mass is 9.93. The minimum atomic E-state index is -0.372. The van der Waals surface area contributed by atoms with Gasteiger partial charge in [0.05, 0.1) is 0 Å². The van der Waals surface area contributed by atoms with Gasteiger partial charge >= 0.3 is 12.0 Å². The number of urea groups is 1. The molecule has 0 aliphatic heterocycles. The first-order valence-electron chi connectivity index (χ1n) is 8.42. The maximum absolute atomic E-state index is 12.1. The van der Waals surface area contributed by atoms with Gasteiger partial charge in [0.2, 0.25) is 0 Å². The van der Waals surface area contributed by atoms with Gasteiger partial charge in [0, 0.05) is 18.3 Å². The molecule has 1 heterocycles. The van der Waals surface area contributed by atoms with Crippen LogP contribution in [0.5, 0.6) is 0 Å². The van der Waals surface area contributed by atoms with Crippen LogP contribution >= 0.6 is 0 Å². The maximum atomic E-state index is 12.1. The van der Waals surface area contributed by atoms with Crippen molar-refractivity contribution in [3.05, 3.63) is 17.5 Å². The monoisotopic (exact) mass is 322 g/mol. The normalized spacial score (nSPS) is 20.8. The van der Waals surface area contributed by atoms with E-state index in [9.17, 15) is 9.59 Å². The predicted molar refractivity (Wildman–Crippen MR) is 86.3 cm³/mol. The fraction of sp³-hybridized carbons (Fsp3) is 0.688. The Morgan fingerprint density at radius 1 is 1.30 bits per heavy atom. The molecule has 3 N–H and O–H groups in total. The van der Waals surface area contributed by atoms with Crippen LogP contribution in [0.4, 0.5) is 4.79 Å². The van der Waals surface area contributed by atoms with Crippen molar-refractivity contribution in [3.8, 4) is 0 Å². The molecule has 1 aromatic heterocycles. The summed E-state index contributed by atoms with van der Waals surface area (Å²) in [6.07, 6.45) is 4.93. The Bertz CT molecular complexity index is 521. The standard InChI is InChI=1S/C16H26N4O3/c1-3-5-12-10-14(20-19-12)15(21)23-13-8-6-11(7-9-13)18-16(22)17-4-2/h10-11,13H,3-9H2,1-2H3,(H,19,20)(H2,17,18,22). The first-order valence-corrected chi connectivity index (χ1v) is 8.42. The third-order valence-electron chi connectivity index (χ3n) is 3.98. The van der Waals surface area contributed by atoms with Gasteiger partial charge in [-0.25, -0.2) is 9.59 Å². The van der Waals surface area contributed by atoms with Crippen molar-refractivity contribution < 1.29 is 14.3 Å².